The number of benzene rings is 1. The standard InChI is InChI=1S/C16H25NO3/c1-6-11(2)15(16(18)20-5)17-12(3)13-7-9-14(19-4)10-8-13/h7-12,15,17H,6H2,1-5H3. The smallest absolute Gasteiger partial charge is 0.323 e. The summed E-state index contributed by atoms with van der Waals surface area (Å²) in [7, 11) is 3.07. The fraction of sp³-hybridized carbons (Fsp3) is 0.562. The molecule has 4 nitrogen and oxygen atoms in total. The Bertz CT molecular complexity index is 416. The third-order valence-corrected chi connectivity index (χ3v) is 3.71. The van der Waals surface area contributed by atoms with E-state index in [9.17, 15) is 4.79 Å². The van der Waals surface area contributed by atoms with Crippen molar-refractivity contribution >= 4 is 5.97 Å². The van der Waals surface area contributed by atoms with Crippen molar-refractivity contribution in [1.82, 2.24) is 5.32 Å². The molecular weight excluding hydrogens is 254 g/mol. The van der Waals surface area contributed by atoms with E-state index >= 15 is 0 Å². The first-order valence-corrected chi connectivity index (χ1v) is 7.01. The van der Waals surface area contributed by atoms with Crippen LogP contribution in [0.1, 0.15) is 38.8 Å². The Hall–Kier alpha value is -1.55. The molecule has 0 aliphatic carbocycles. The van der Waals surface area contributed by atoms with Crippen LogP contribution >= 0.6 is 0 Å². The molecule has 0 radical (unpaired) electrons. The predicted octanol–water partition coefficient (Wildman–Crippen LogP) is 2.93. The van der Waals surface area contributed by atoms with Crippen molar-refractivity contribution in [3.8, 4) is 5.75 Å². The summed E-state index contributed by atoms with van der Waals surface area (Å²) < 4.78 is 10.0. The Kier molecular flexibility index (Phi) is 6.52. The fourth-order valence-corrected chi connectivity index (χ4v) is 2.09. The highest BCUT2D eigenvalue weighted by molar-refractivity contribution is 5.76. The molecule has 1 aromatic rings. The van der Waals surface area contributed by atoms with Crippen LogP contribution in [0.4, 0.5) is 0 Å². The fourth-order valence-electron chi connectivity index (χ4n) is 2.09. The zero-order chi connectivity index (χ0) is 15.1. The first-order valence-electron chi connectivity index (χ1n) is 7.01. The van der Waals surface area contributed by atoms with E-state index in [1.54, 1.807) is 7.11 Å². The van der Waals surface area contributed by atoms with Gasteiger partial charge in [0.15, 0.2) is 0 Å². The van der Waals surface area contributed by atoms with E-state index in [0.717, 1.165) is 17.7 Å². The number of rotatable bonds is 7. The Balaban J connectivity index is 2.78. The number of methoxy groups -OCH3 is 2. The van der Waals surface area contributed by atoms with Crippen LogP contribution in [0.25, 0.3) is 0 Å². The normalized spacial score (nSPS) is 15.2. The van der Waals surface area contributed by atoms with Crippen LogP contribution in [-0.4, -0.2) is 26.2 Å². The highest BCUT2D eigenvalue weighted by Crippen LogP contribution is 2.20. The second-order valence-corrected chi connectivity index (χ2v) is 5.05. The number of ether oxygens (including phenoxy) is 2. The van der Waals surface area contributed by atoms with Crippen LogP contribution < -0.4 is 10.1 Å². The van der Waals surface area contributed by atoms with E-state index in [2.05, 4.69) is 19.2 Å². The van der Waals surface area contributed by atoms with Gasteiger partial charge in [-0.05, 0) is 30.5 Å². The van der Waals surface area contributed by atoms with E-state index in [-0.39, 0.29) is 24.0 Å². The lowest BCUT2D eigenvalue weighted by molar-refractivity contribution is -0.144. The summed E-state index contributed by atoms with van der Waals surface area (Å²) in [6.45, 7) is 6.16. The average Bonchev–Trinajstić information content (AvgIpc) is 2.50. The molecule has 1 rings (SSSR count). The van der Waals surface area contributed by atoms with Crippen molar-refractivity contribution in [3.05, 3.63) is 29.8 Å². The van der Waals surface area contributed by atoms with E-state index in [1.807, 2.05) is 31.2 Å². The maximum absolute atomic E-state index is 11.9. The lowest BCUT2D eigenvalue weighted by Crippen LogP contribution is -2.43. The molecule has 0 bridgehead atoms. The van der Waals surface area contributed by atoms with E-state index in [0.29, 0.717) is 0 Å². The van der Waals surface area contributed by atoms with Crippen LogP contribution in [0.3, 0.4) is 0 Å². The minimum absolute atomic E-state index is 0.0685. The molecule has 4 heteroatoms. The second kappa shape index (κ2) is 7.90. The van der Waals surface area contributed by atoms with Crippen molar-refractivity contribution in [1.29, 1.82) is 0 Å². The maximum atomic E-state index is 11.9. The monoisotopic (exact) mass is 279 g/mol. The number of hydrogen-bond acceptors (Lipinski definition) is 4. The van der Waals surface area contributed by atoms with Gasteiger partial charge >= 0.3 is 5.97 Å². The van der Waals surface area contributed by atoms with Gasteiger partial charge in [0.05, 0.1) is 14.2 Å². The van der Waals surface area contributed by atoms with E-state index < -0.39 is 0 Å². The molecule has 1 aromatic carbocycles. The zero-order valence-corrected chi connectivity index (χ0v) is 13.0. The molecule has 0 aliphatic rings. The lowest BCUT2D eigenvalue weighted by atomic mass is 9.97. The third-order valence-electron chi connectivity index (χ3n) is 3.71. The largest absolute Gasteiger partial charge is 0.497 e. The summed E-state index contributed by atoms with van der Waals surface area (Å²) in [5.74, 6) is 0.843. The molecule has 0 saturated heterocycles. The lowest BCUT2D eigenvalue weighted by Gasteiger charge is -2.26. The van der Waals surface area contributed by atoms with Crippen molar-refractivity contribution in [2.24, 2.45) is 5.92 Å². The summed E-state index contributed by atoms with van der Waals surface area (Å²) in [6, 6.07) is 7.62. The predicted molar refractivity (Wildman–Crippen MR) is 79.8 cm³/mol. The van der Waals surface area contributed by atoms with Gasteiger partial charge in [-0.1, -0.05) is 32.4 Å². The first kappa shape index (κ1) is 16.5. The van der Waals surface area contributed by atoms with Crippen molar-refractivity contribution in [3.63, 3.8) is 0 Å². The topological polar surface area (TPSA) is 47.6 Å². The minimum Gasteiger partial charge on any atom is -0.497 e. The molecule has 3 unspecified atom stereocenters. The van der Waals surface area contributed by atoms with Crippen molar-refractivity contribution in [2.45, 2.75) is 39.3 Å². The van der Waals surface area contributed by atoms with Crippen LogP contribution in [0, 0.1) is 5.92 Å². The van der Waals surface area contributed by atoms with Gasteiger partial charge in [0.2, 0.25) is 0 Å². The number of carbonyl (C=O) groups is 1. The summed E-state index contributed by atoms with van der Waals surface area (Å²) in [5.41, 5.74) is 1.11. The molecule has 0 fully saturated rings. The Morgan fingerprint density at radius 2 is 1.80 bits per heavy atom. The molecule has 0 amide bonds. The van der Waals surface area contributed by atoms with Crippen LogP contribution in [0.2, 0.25) is 0 Å². The molecule has 0 saturated carbocycles. The van der Waals surface area contributed by atoms with Crippen LogP contribution in [0.15, 0.2) is 24.3 Å². The highest BCUT2D eigenvalue weighted by Gasteiger charge is 2.26. The number of carbonyl (C=O) groups excluding carboxylic acids is 1. The zero-order valence-electron chi connectivity index (χ0n) is 13.0. The second-order valence-electron chi connectivity index (χ2n) is 5.05. The van der Waals surface area contributed by atoms with Gasteiger partial charge in [-0.25, -0.2) is 0 Å². The molecule has 0 aliphatic heterocycles. The van der Waals surface area contributed by atoms with E-state index in [1.165, 1.54) is 7.11 Å². The Morgan fingerprint density at radius 1 is 1.20 bits per heavy atom. The van der Waals surface area contributed by atoms with Gasteiger partial charge in [-0.15, -0.1) is 0 Å². The minimum atomic E-state index is -0.290. The molecule has 0 spiro atoms. The molecule has 112 valence electrons. The molecule has 3 atom stereocenters. The highest BCUT2D eigenvalue weighted by atomic mass is 16.5. The third kappa shape index (κ3) is 4.23. The molecule has 0 heterocycles. The van der Waals surface area contributed by atoms with Crippen LogP contribution in [-0.2, 0) is 9.53 Å². The van der Waals surface area contributed by atoms with Gasteiger partial charge in [0.25, 0.3) is 0 Å². The Morgan fingerprint density at radius 3 is 2.25 bits per heavy atom. The Labute approximate surface area is 121 Å². The number of hydrogen-bond donors (Lipinski definition) is 1. The summed E-state index contributed by atoms with van der Waals surface area (Å²) in [5, 5.41) is 3.36. The first-order chi connectivity index (χ1) is 9.53. The molecular formula is C16H25NO3. The quantitative estimate of drug-likeness (QED) is 0.780. The summed E-state index contributed by atoms with van der Waals surface area (Å²) >= 11 is 0. The molecule has 1 N–H and O–H groups in total. The molecule has 20 heavy (non-hydrogen) atoms. The summed E-state index contributed by atoms with van der Waals surface area (Å²) in [6.07, 6.45) is 0.919. The molecule has 0 aromatic heterocycles. The van der Waals surface area contributed by atoms with Crippen molar-refractivity contribution in [2.75, 3.05) is 14.2 Å². The van der Waals surface area contributed by atoms with Gasteiger partial charge in [0.1, 0.15) is 11.8 Å². The average molecular weight is 279 g/mol. The SMILES string of the molecule is CCC(C)C(NC(C)c1ccc(OC)cc1)C(=O)OC. The van der Waals surface area contributed by atoms with Gasteiger partial charge in [-0.2, -0.15) is 0 Å². The number of esters is 1. The van der Waals surface area contributed by atoms with Gasteiger partial charge in [0, 0.05) is 6.04 Å². The van der Waals surface area contributed by atoms with Gasteiger partial charge in [-0.3, -0.25) is 10.1 Å². The van der Waals surface area contributed by atoms with Gasteiger partial charge < -0.3 is 9.47 Å². The summed E-state index contributed by atoms with van der Waals surface area (Å²) in [4.78, 5) is 11.9. The van der Waals surface area contributed by atoms with Crippen molar-refractivity contribution < 1.29 is 14.3 Å². The van der Waals surface area contributed by atoms with E-state index in [4.69, 9.17) is 9.47 Å². The van der Waals surface area contributed by atoms with Crippen LogP contribution in [0.5, 0.6) is 5.75 Å². The maximum Gasteiger partial charge on any atom is 0.323 e. The number of nitrogens with one attached hydrogen (secondary N) is 1.